The van der Waals surface area contributed by atoms with Gasteiger partial charge in [-0.1, -0.05) is 54.6 Å². The van der Waals surface area contributed by atoms with Gasteiger partial charge in [-0.25, -0.2) is 0 Å². The molecule has 2 aromatic rings. The average Bonchev–Trinajstić information content (AvgIpc) is 3.31. The van der Waals surface area contributed by atoms with Gasteiger partial charge < -0.3 is 78.8 Å². The molecule has 0 saturated heterocycles. The van der Waals surface area contributed by atoms with Gasteiger partial charge in [0.1, 0.15) is 48.0 Å². The molecule has 0 aliphatic carbocycles. The van der Waals surface area contributed by atoms with Crippen molar-refractivity contribution in [1.82, 2.24) is 42.5 Å². The third-order valence-electron chi connectivity index (χ3n) is 10.2. The number of phenols is 1. The van der Waals surface area contributed by atoms with Crippen molar-refractivity contribution in [1.29, 1.82) is 0 Å². The van der Waals surface area contributed by atoms with Crippen molar-refractivity contribution in [3.8, 4) is 5.75 Å². The molecule has 72 heavy (non-hydrogen) atoms. The van der Waals surface area contributed by atoms with Crippen LogP contribution in [0.2, 0.25) is 0 Å². The second-order valence-electron chi connectivity index (χ2n) is 16.1. The van der Waals surface area contributed by atoms with Gasteiger partial charge in [-0.15, -0.1) is 0 Å². The smallest absolute Gasteiger partial charge is 0.305 e. The Morgan fingerprint density at radius 3 is 1.68 bits per heavy atom. The lowest BCUT2D eigenvalue weighted by atomic mass is 10.0. The quantitative estimate of drug-likeness (QED) is 0.0836. The second-order valence-corrected chi connectivity index (χ2v) is 16.1. The Morgan fingerprint density at radius 1 is 0.611 bits per heavy atom. The lowest BCUT2D eigenvalue weighted by Crippen LogP contribution is -2.60. The van der Waals surface area contributed by atoms with Crippen LogP contribution in [-0.4, -0.2) is 162 Å². The number of benzene rings is 2. The Hall–Kier alpha value is -8.46. The van der Waals surface area contributed by atoms with Crippen molar-refractivity contribution >= 4 is 71.0 Å². The molecule has 0 saturated carbocycles. The molecule has 390 valence electrons. The summed E-state index contributed by atoms with van der Waals surface area (Å²) < 4.78 is 11.0. The van der Waals surface area contributed by atoms with E-state index in [4.69, 9.17) is 20.9 Å². The minimum absolute atomic E-state index is 0.168. The summed E-state index contributed by atoms with van der Waals surface area (Å²) in [5, 5.41) is 47.5. The lowest BCUT2D eigenvalue weighted by Gasteiger charge is -2.26. The highest BCUT2D eigenvalue weighted by Crippen LogP contribution is 2.13. The number of carbonyl (C=O) groups excluding carboxylic acids is 10. The van der Waals surface area contributed by atoms with Crippen LogP contribution in [0.25, 0.3) is 0 Å². The van der Waals surface area contributed by atoms with Crippen LogP contribution in [-0.2, 0) is 79.8 Å². The molecule has 0 bridgehead atoms. The Bertz CT molecular complexity index is 2310. The first-order chi connectivity index (χ1) is 34.1. The molecule has 2 aromatic carbocycles. The molecule has 0 aromatic heterocycles. The van der Waals surface area contributed by atoms with E-state index in [0.717, 1.165) is 6.92 Å². The van der Waals surface area contributed by atoms with Gasteiger partial charge in [0.05, 0.1) is 45.8 Å². The van der Waals surface area contributed by atoms with E-state index < -0.39 is 159 Å². The summed E-state index contributed by atoms with van der Waals surface area (Å²) in [6, 6.07) is 1.92. The van der Waals surface area contributed by atoms with Crippen LogP contribution >= 0.6 is 0 Å². The van der Waals surface area contributed by atoms with Gasteiger partial charge in [0, 0.05) is 26.2 Å². The summed E-state index contributed by atoms with van der Waals surface area (Å²) in [6.07, 6.45) is -0.909. The first-order valence-corrected chi connectivity index (χ1v) is 22.1. The Labute approximate surface area is 410 Å². The number of rotatable bonds is 13. The van der Waals surface area contributed by atoms with Gasteiger partial charge in [0.2, 0.25) is 59.1 Å². The number of ether oxygens (including phenoxy) is 2. The summed E-state index contributed by atoms with van der Waals surface area (Å²) >= 11 is 0. The predicted octanol–water partition coefficient (Wildman–Crippen LogP) is -4.99. The standard InChI is InChI=1S/C45H58N10O17/c1-24(56)49-34-23-72-16-6-5-15-71-22-33(39(47)64)55-43(68)31(19-35(46)58)53-44(69)32(20-38(62)63)54-41(66)29(18-26-9-11-27(57)12-10-26)50-36(59)21-48-40(65)28(13-14-37(60)61)51-42(67)30(52-45(34)70)17-25-7-3-2-4-8-25/h2-12,28-34,57H,13-23H2,1H3,(H2,46,58)(H2,47,64)(H,48,65)(H,49,56)(H,50,59)(H,51,67)(H,52,70)(H,53,69)(H,54,66)(H,55,68)(H,60,61)(H,62,63)/b6-5-. The van der Waals surface area contributed by atoms with Gasteiger partial charge in [0.25, 0.3) is 0 Å². The SMILES string of the molecule is CC(=O)NC1COC/C=C\COCC(C(N)=O)NC(=O)C(CC(N)=O)NC(=O)C(CC(=O)O)NC(=O)C(Cc2ccc(O)cc2)NC(=O)CNC(=O)C(CCC(=O)O)NC(=O)C(Cc2ccccc2)NC1=O. The number of aromatic hydroxyl groups is 1. The number of nitrogens with one attached hydrogen (secondary N) is 8. The number of hydrogen-bond acceptors (Lipinski definition) is 15. The van der Waals surface area contributed by atoms with E-state index in [0.29, 0.717) is 11.1 Å². The first-order valence-electron chi connectivity index (χ1n) is 22.1. The molecular weight excluding hydrogens is 953 g/mol. The van der Waals surface area contributed by atoms with E-state index in [9.17, 15) is 72.9 Å². The zero-order valence-corrected chi connectivity index (χ0v) is 38.9. The third kappa shape index (κ3) is 21.5. The molecule has 1 heterocycles. The number of primary amides is 2. The molecular formula is C45H58N10O17. The van der Waals surface area contributed by atoms with Crippen LogP contribution in [0.5, 0.6) is 5.75 Å². The fourth-order valence-electron chi connectivity index (χ4n) is 6.63. The number of amides is 10. The highest BCUT2D eigenvalue weighted by Gasteiger charge is 2.34. The van der Waals surface area contributed by atoms with Gasteiger partial charge >= 0.3 is 11.9 Å². The van der Waals surface area contributed by atoms with E-state index in [1.165, 1.54) is 36.4 Å². The maximum atomic E-state index is 14.0. The zero-order chi connectivity index (χ0) is 53.3. The van der Waals surface area contributed by atoms with E-state index in [1.54, 1.807) is 30.3 Å². The highest BCUT2D eigenvalue weighted by atomic mass is 16.5. The molecule has 3 rings (SSSR count). The normalized spacial score (nSPS) is 23.4. The first kappa shape index (κ1) is 57.9. The van der Waals surface area contributed by atoms with Crippen LogP contribution in [0.3, 0.4) is 0 Å². The van der Waals surface area contributed by atoms with E-state index in [1.807, 2.05) is 0 Å². The monoisotopic (exact) mass is 1010 g/mol. The molecule has 1 aliphatic heterocycles. The van der Waals surface area contributed by atoms with Gasteiger partial charge in [-0.3, -0.25) is 57.5 Å². The van der Waals surface area contributed by atoms with Crippen molar-refractivity contribution < 1.29 is 82.3 Å². The minimum atomic E-state index is -2.01. The number of hydrogen-bond donors (Lipinski definition) is 13. The van der Waals surface area contributed by atoms with Crippen LogP contribution < -0.4 is 54.0 Å². The largest absolute Gasteiger partial charge is 0.508 e. The fourth-order valence-corrected chi connectivity index (χ4v) is 6.63. The van der Waals surface area contributed by atoms with Crippen molar-refractivity contribution in [3.63, 3.8) is 0 Å². The van der Waals surface area contributed by atoms with Crippen molar-refractivity contribution in [2.45, 2.75) is 87.7 Å². The Morgan fingerprint density at radius 2 is 1.12 bits per heavy atom. The third-order valence-corrected chi connectivity index (χ3v) is 10.2. The van der Waals surface area contributed by atoms with Crippen LogP contribution in [0.4, 0.5) is 0 Å². The molecule has 1 aliphatic rings. The minimum Gasteiger partial charge on any atom is -0.508 e. The Kier molecular flexibility index (Phi) is 23.7. The van der Waals surface area contributed by atoms with Gasteiger partial charge in [-0.05, 0) is 29.7 Å². The molecule has 15 N–H and O–H groups in total. The number of nitrogens with two attached hydrogens (primary N) is 2. The predicted molar refractivity (Wildman–Crippen MR) is 247 cm³/mol. The molecule has 7 atom stereocenters. The maximum Gasteiger partial charge on any atom is 0.305 e. The lowest BCUT2D eigenvalue weighted by molar-refractivity contribution is -0.142. The van der Waals surface area contributed by atoms with Crippen LogP contribution in [0.1, 0.15) is 43.7 Å². The van der Waals surface area contributed by atoms with E-state index in [-0.39, 0.29) is 31.8 Å². The summed E-state index contributed by atoms with van der Waals surface area (Å²) in [5.74, 6) is -13.8. The maximum absolute atomic E-state index is 14.0. The number of carboxylic acid groups (broad SMARTS) is 2. The topological polar surface area (TPSA) is 432 Å². The summed E-state index contributed by atoms with van der Waals surface area (Å²) in [7, 11) is 0. The number of phenolic OH excluding ortho intramolecular Hbond substituents is 1. The van der Waals surface area contributed by atoms with Gasteiger partial charge in [0.15, 0.2) is 0 Å². The number of carboxylic acids is 2. The van der Waals surface area contributed by atoms with E-state index in [2.05, 4.69) is 42.5 Å². The zero-order valence-electron chi connectivity index (χ0n) is 38.9. The average molecular weight is 1010 g/mol. The van der Waals surface area contributed by atoms with Crippen molar-refractivity contribution in [3.05, 3.63) is 77.9 Å². The van der Waals surface area contributed by atoms with Crippen LogP contribution in [0.15, 0.2) is 66.7 Å². The van der Waals surface area contributed by atoms with E-state index >= 15 is 0 Å². The fraction of sp³-hybridized carbons (Fsp3) is 0.422. The molecule has 7 unspecified atom stereocenters. The molecule has 27 nitrogen and oxygen atoms in total. The van der Waals surface area contributed by atoms with Crippen molar-refractivity contribution in [2.24, 2.45) is 11.5 Å². The number of aliphatic carboxylic acids is 2. The second kappa shape index (κ2) is 29.5. The molecule has 0 fully saturated rings. The Balaban J connectivity index is 2.05. The number of carbonyl (C=O) groups is 12. The molecule has 27 heteroatoms. The van der Waals surface area contributed by atoms with Gasteiger partial charge in [-0.2, -0.15) is 0 Å². The van der Waals surface area contributed by atoms with Crippen LogP contribution in [0, 0.1) is 0 Å². The summed E-state index contributed by atoms with van der Waals surface area (Å²) in [4.78, 5) is 156. The molecule has 0 radical (unpaired) electrons. The van der Waals surface area contributed by atoms with Crippen molar-refractivity contribution in [2.75, 3.05) is 33.0 Å². The summed E-state index contributed by atoms with van der Waals surface area (Å²) in [5.41, 5.74) is 11.6. The molecule has 0 spiro atoms. The molecule has 10 amide bonds. The highest BCUT2D eigenvalue weighted by molar-refractivity contribution is 5.99. The summed E-state index contributed by atoms with van der Waals surface area (Å²) in [6.45, 7) is -1.17.